The van der Waals surface area contributed by atoms with E-state index in [9.17, 15) is 13.6 Å². The first kappa shape index (κ1) is 15.2. The average Bonchev–Trinajstić information content (AvgIpc) is 3.25. The molecule has 1 atom stereocenters. The number of carbonyl (C=O) groups is 1. The van der Waals surface area contributed by atoms with Crippen molar-refractivity contribution in [2.75, 3.05) is 11.4 Å². The number of amides is 1. The second kappa shape index (κ2) is 5.96. The van der Waals surface area contributed by atoms with Gasteiger partial charge in [0.2, 0.25) is 5.91 Å². The summed E-state index contributed by atoms with van der Waals surface area (Å²) in [4.78, 5) is 22.4. The van der Waals surface area contributed by atoms with Crippen LogP contribution in [-0.4, -0.2) is 34.5 Å². The van der Waals surface area contributed by atoms with Crippen LogP contribution in [0.5, 0.6) is 0 Å². The highest BCUT2D eigenvalue weighted by Crippen LogP contribution is 2.32. The van der Waals surface area contributed by atoms with Crippen molar-refractivity contribution in [2.45, 2.75) is 44.2 Å². The van der Waals surface area contributed by atoms with Crippen molar-refractivity contribution >= 4 is 22.6 Å². The van der Waals surface area contributed by atoms with Gasteiger partial charge in [0.05, 0.1) is 5.52 Å². The fourth-order valence-electron chi connectivity index (χ4n) is 3.21. The van der Waals surface area contributed by atoms with E-state index < -0.39 is 12.2 Å². The molecule has 2 aliphatic rings. The van der Waals surface area contributed by atoms with E-state index in [1.54, 1.807) is 12.1 Å². The Hall–Kier alpha value is -2.31. The SMILES string of the molecule is O=C(NC1CC1)C1CCCN1c1nc(C(F)F)nc2ccccc12. The van der Waals surface area contributed by atoms with Crippen molar-refractivity contribution in [2.24, 2.45) is 0 Å². The van der Waals surface area contributed by atoms with Gasteiger partial charge in [0.25, 0.3) is 6.43 Å². The maximum absolute atomic E-state index is 13.2. The van der Waals surface area contributed by atoms with Gasteiger partial charge in [0.15, 0.2) is 5.82 Å². The Morgan fingerprint density at radius 3 is 2.75 bits per heavy atom. The number of aromatic nitrogens is 2. The van der Waals surface area contributed by atoms with Crippen molar-refractivity contribution in [1.82, 2.24) is 15.3 Å². The number of nitrogens with zero attached hydrogens (tertiary/aromatic N) is 3. The van der Waals surface area contributed by atoms with Gasteiger partial charge in [-0.2, -0.15) is 0 Å². The van der Waals surface area contributed by atoms with E-state index >= 15 is 0 Å². The topological polar surface area (TPSA) is 58.1 Å². The third kappa shape index (κ3) is 2.79. The normalized spacial score (nSPS) is 20.8. The molecule has 4 rings (SSSR count). The van der Waals surface area contributed by atoms with Gasteiger partial charge in [-0.3, -0.25) is 4.79 Å². The molecule has 1 amide bonds. The minimum atomic E-state index is -2.74. The predicted molar refractivity (Wildman–Crippen MR) is 86.0 cm³/mol. The zero-order valence-corrected chi connectivity index (χ0v) is 13.1. The number of benzene rings is 1. The van der Waals surface area contributed by atoms with Crippen LogP contribution in [0.3, 0.4) is 0 Å². The molecule has 2 aromatic rings. The molecule has 1 aliphatic carbocycles. The molecule has 1 aliphatic heterocycles. The molecule has 1 saturated carbocycles. The molecule has 0 bridgehead atoms. The minimum absolute atomic E-state index is 0.0312. The van der Waals surface area contributed by atoms with Crippen molar-refractivity contribution in [3.05, 3.63) is 30.1 Å². The fourth-order valence-corrected chi connectivity index (χ4v) is 3.21. The molecular formula is C17H18F2N4O. The summed E-state index contributed by atoms with van der Waals surface area (Å²) in [6.45, 7) is 0.631. The molecule has 1 aromatic heterocycles. The number of para-hydroxylation sites is 1. The summed E-state index contributed by atoms with van der Waals surface area (Å²) in [5, 5.41) is 3.71. The lowest BCUT2D eigenvalue weighted by Crippen LogP contribution is -2.44. The molecular weight excluding hydrogens is 314 g/mol. The first-order chi connectivity index (χ1) is 11.6. The molecule has 24 heavy (non-hydrogen) atoms. The van der Waals surface area contributed by atoms with Crippen molar-refractivity contribution < 1.29 is 13.6 Å². The highest BCUT2D eigenvalue weighted by Gasteiger charge is 2.35. The average molecular weight is 332 g/mol. The number of alkyl halides is 2. The maximum Gasteiger partial charge on any atom is 0.297 e. The second-order valence-corrected chi connectivity index (χ2v) is 6.36. The standard InChI is InChI=1S/C17H18F2N4O/c18-14(19)15-21-12-5-2-1-4-11(12)16(22-15)23-9-3-6-13(23)17(24)20-10-7-8-10/h1-2,4-5,10,13-14H,3,6-9H2,(H,20,24). The predicted octanol–water partition coefficient (Wildman–Crippen LogP) is 2.81. The Morgan fingerprint density at radius 2 is 2.00 bits per heavy atom. The lowest BCUT2D eigenvalue weighted by atomic mass is 10.1. The first-order valence-corrected chi connectivity index (χ1v) is 8.25. The van der Waals surface area contributed by atoms with Crippen molar-refractivity contribution in [1.29, 1.82) is 0 Å². The lowest BCUT2D eigenvalue weighted by Gasteiger charge is -2.26. The molecule has 1 N–H and O–H groups in total. The summed E-state index contributed by atoms with van der Waals surface area (Å²) < 4.78 is 26.4. The van der Waals surface area contributed by atoms with E-state index in [2.05, 4.69) is 15.3 Å². The summed E-state index contributed by atoms with van der Waals surface area (Å²) in [5.74, 6) is -0.0856. The molecule has 1 unspecified atom stereocenters. The fraction of sp³-hybridized carbons (Fsp3) is 0.471. The van der Waals surface area contributed by atoms with Crippen LogP contribution in [0.25, 0.3) is 10.9 Å². The third-order valence-electron chi connectivity index (χ3n) is 4.55. The van der Waals surface area contributed by atoms with Gasteiger partial charge < -0.3 is 10.2 Å². The largest absolute Gasteiger partial charge is 0.352 e. The van der Waals surface area contributed by atoms with Crippen LogP contribution in [0, 0.1) is 0 Å². The molecule has 1 aromatic carbocycles. The number of anilines is 1. The number of hydrogen-bond donors (Lipinski definition) is 1. The number of halogens is 2. The Labute approximate surface area is 138 Å². The van der Waals surface area contributed by atoms with Gasteiger partial charge >= 0.3 is 0 Å². The van der Waals surface area contributed by atoms with Gasteiger partial charge in [0, 0.05) is 18.0 Å². The molecule has 0 radical (unpaired) electrons. The molecule has 2 heterocycles. The van der Waals surface area contributed by atoms with Crippen LogP contribution in [0.4, 0.5) is 14.6 Å². The van der Waals surface area contributed by atoms with Gasteiger partial charge in [-0.1, -0.05) is 12.1 Å². The Bertz CT molecular complexity index is 778. The van der Waals surface area contributed by atoms with E-state index in [4.69, 9.17) is 0 Å². The number of hydrogen-bond acceptors (Lipinski definition) is 4. The number of nitrogens with one attached hydrogen (secondary N) is 1. The monoisotopic (exact) mass is 332 g/mol. The van der Waals surface area contributed by atoms with Crippen LogP contribution < -0.4 is 10.2 Å². The van der Waals surface area contributed by atoms with Crippen LogP contribution >= 0.6 is 0 Å². The van der Waals surface area contributed by atoms with E-state index in [0.717, 1.165) is 19.3 Å². The number of carbonyl (C=O) groups excluding carboxylic acids is 1. The molecule has 126 valence electrons. The quantitative estimate of drug-likeness (QED) is 0.935. The highest BCUT2D eigenvalue weighted by atomic mass is 19.3. The second-order valence-electron chi connectivity index (χ2n) is 6.36. The van der Waals surface area contributed by atoms with E-state index in [-0.39, 0.29) is 18.0 Å². The maximum atomic E-state index is 13.2. The van der Waals surface area contributed by atoms with E-state index in [0.29, 0.717) is 29.7 Å². The summed E-state index contributed by atoms with van der Waals surface area (Å²) in [5.41, 5.74) is 0.478. The summed E-state index contributed by atoms with van der Waals surface area (Å²) in [7, 11) is 0. The number of fused-ring (bicyclic) bond motifs is 1. The van der Waals surface area contributed by atoms with Gasteiger partial charge in [-0.25, -0.2) is 18.7 Å². The molecule has 1 saturated heterocycles. The summed E-state index contributed by atoms with van der Waals surface area (Å²) in [6.07, 6.45) is 0.843. The molecule has 2 fully saturated rings. The van der Waals surface area contributed by atoms with Gasteiger partial charge in [0.1, 0.15) is 11.9 Å². The Balaban J connectivity index is 1.74. The summed E-state index contributed by atoms with van der Waals surface area (Å²) in [6, 6.07) is 7.02. The molecule has 0 spiro atoms. The molecule has 5 nitrogen and oxygen atoms in total. The Kier molecular flexibility index (Phi) is 3.78. The molecule has 7 heteroatoms. The smallest absolute Gasteiger partial charge is 0.297 e. The minimum Gasteiger partial charge on any atom is -0.352 e. The Morgan fingerprint density at radius 1 is 1.21 bits per heavy atom. The zero-order valence-electron chi connectivity index (χ0n) is 13.1. The van der Waals surface area contributed by atoms with Crippen molar-refractivity contribution in [3.8, 4) is 0 Å². The zero-order chi connectivity index (χ0) is 16.7. The van der Waals surface area contributed by atoms with Gasteiger partial charge in [-0.15, -0.1) is 0 Å². The van der Waals surface area contributed by atoms with Crippen LogP contribution in [-0.2, 0) is 4.79 Å². The highest BCUT2D eigenvalue weighted by molar-refractivity contribution is 5.93. The van der Waals surface area contributed by atoms with E-state index in [1.807, 2.05) is 17.0 Å². The number of rotatable bonds is 4. The third-order valence-corrected chi connectivity index (χ3v) is 4.55. The van der Waals surface area contributed by atoms with E-state index in [1.165, 1.54) is 0 Å². The van der Waals surface area contributed by atoms with Crippen LogP contribution in [0.1, 0.15) is 37.9 Å². The van der Waals surface area contributed by atoms with Crippen molar-refractivity contribution in [3.63, 3.8) is 0 Å². The van der Waals surface area contributed by atoms with Crippen LogP contribution in [0.2, 0.25) is 0 Å². The van der Waals surface area contributed by atoms with Gasteiger partial charge in [-0.05, 0) is 37.8 Å². The first-order valence-electron chi connectivity index (χ1n) is 8.25. The summed E-state index contributed by atoms with van der Waals surface area (Å²) >= 11 is 0. The van der Waals surface area contributed by atoms with Crippen LogP contribution in [0.15, 0.2) is 24.3 Å². The lowest BCUT2D eigenvalue weighted by molar-refractivity contribution is -0.122.